The number of aryl methyl sites for hydroxylation is 1. The fourth-order valence-corrected chi connectivity index (χ4v) is 1.90. The van der Waals surface area contributed by atoms with Crippen LogP contribution in [-0.4, -0.2) is 11.0 Å². The standard InChI is InChI=1S/C12H19ClN2/c1-8(2)7-9(3)14-11-5-6-12(13)15-10(11)4/h5-6,8-9,14H,7H2,1-4H3. The molecule has 0 amide bonds. The van der Waals surface area contributed by atoms with E-state index in [-0.39, 0.29) is 0 Å². The van der Waals surface area contributed by atoms with Gasteiger partial charge in [-0.2, -0.15) is 0 Å². The molecule has 1 N–H and O–H groups in total. The number of aromatic nitrogens is 1. The van der Waals surface area contributed by atoms with Crippen molar-refractivity contribution in [2.75, 3.05) is 5.32 Å². The molecule has 0 spiro atoms. The van der Waals surface area contributed by atoms with Crippen molar-refractivity contribution in [1.82, 2.24) is 4.98 Å². The van der Waals surface area contributed by atoms with Crippen molar-refractivity contribution >= 4 is 17.3 Å². The second-order valence-corrected chi connectivity index (χ2v) is 4.83. The molecular weight excluding hydrogens is 208 g/mol. The van der Waals surface area contributed by atoms with Crippen LogP contribution in [0.5, 0.6) is 0 Å². The Kier molecular flexibility index (Phi) is 4.40. The number of halogens is 1. The first-order chi connectivity index (χ1) is 6.99. The molecule has 1 atom stereocenters. The topological polar surface area (TPSA) is 24.9 Å². The molecule has 1 unspecified atom stereocenters. The summed E-state index contributed by atoms with van der Waals surface area (Å²) in [6.07, 6.45) is 1.15. The minimum atomic E-state index is 0.465. The normalized spacial score (nSPS) is 12.9. The van der Waals surface area contributed by atoms with Gasteiger partial charge in [-0.05, 0) is 38.3 Å². The summed E-state index contributed by atoms with van der Waals surface area (Å²) in [7, 11) is 0. The molecular formula is C12H19ClN2. The molecule has 0 aromatic carbocycles. The lowest BCUT2D eigenvalue weighted by Crippen LogP contribution is -2.18. The molecule has 0 aliphatic heterocycles. The van der Waals surface area contributed by atoms with Gasteiger partial charge in [0.25, 0.3) is 0 Å². The molecule has 0 saturated heterocycles. The second kappa shape index (κ2) is 5.36. The van der Waals surface area contributed by atoms with Crippen LogP contribution < -0.4 is 5.32 Å². The van der Waals surface area contributed by atoms with Gasteiger partial charge in [0.05, 0.1) is 11.4 Å². The fourth-order valence-electron chi connectivity index (χ4n) is 1.71. The Morgan fingerprint density at radius 1 is 1.33 bits per heavy atom. The van der Waals surface area contributed by atoms with Crippen molar-refractivity contribution in [1.29, 1.82) is 0 Å². The maximum absolute atomic E-state index is 5.80. The summed E-state index contributed by atoms with van der Waals surface area (Å²) in [4.78, 5) is 4.21. The van der Waals surface area contributed by atoms with E-state index in [1.165, 1.54) is 0 Å². The quantitative estimate of drug-likeness (QED) is 0.788. The van der Waals surface area contributed by atoms with E-state index in [2.05, 4.69) is 31.1 Å². The first kappa shape index (κ1) is 12.3. The molecule has 3 heteroatoms. The first-order valence-corrected chi connectivity index (χ1v) is 5.76. The van der Waals surface area contributed by atoms with Gasteiger partial charge >= 0.3 is 0 Å². The Morgan fingerprint density at radius 3 is 2.53 bits per heavy atom. The van der Waals surface area contributed by atoms with E-state index in [1.54, 1.807) is 0 Å². The fraction of sp³-hybridized carbons (Fsp3) is 0.583. The van der Waals surface area contributed by atoms with E-state index >= 15 is 0 Å². The van der Waals surface area contributed by atoms with Crippen LogP contribution in [0.25, 0.3) is 0 Å². The summed E-state index contributed by atoms with van der Waals surface area (Å²) in [6.45, 7) is 8.61. The average molecular weight is 227 g/mol. The summed E-state index contributed by atoms with van der Waals surface area (Å²) in [6, 6.07) is 4.27. The second-order valence-electron chi connectivity index (χ2n) is 4.44. The highest BCUT2D eigenvalue weighted by molar-refractivity contribution is 6.29. The van der Waals surface area contributed by atoms with E-state index in [0.29, 0.717) is 17.1 Å². The largest absolute Gasteiger partial charge is 0.381 e. The van der Waals surface area contributed by atoms with E-state index in [9.17, 15) is 0 Å². The van der Waals surface area contributed by atoms with Gasteiger partial charge in [-0.1, -0.05) is 25.4 Å². The van der Waals surface area contributed by atoms with Crippen LogP contribution in [-0.2, 0) is 0 Å². The van der Waals surface area contributed by atoms with Gasteiger partial charge in [-0.25, -0.2) is 4.98 Å². The summed E-state index contributed by atoms with van der Waals surface area (Å²) in [5.74, 6) is 0.702. The monoisotopic (exact) mass is 226 g/mol. The Labute approximate surface area is 97.1 Å². The van der Waals surface area contributed by atoms with Gasteiger partial charge in [0.15, 0.2) is 0 Å². The van der Waals surface area contributed by atoms with Crippen molar-refractivity contribution < 1.29 is 0 Å². The molecule has 0 saturated carbocycles. The van der Waals surface area contributed by atoms with E-state index in [1.807, 2.05) is 19.1 Å². The zero-order chi connectivity index (χ0) is 11.4. The van der Waals surface area contributed by atoms with Crippen molar-refractivity contribution in [3.8, 4) is 0 Å². The molecule has 1 aromatic heterocycles. The van der Waals surface area contributed by atoms with Gasteiger partial charge in [-0.15, -0.1) is 0 Å². The lowest BCUT2D eigenvalue weighted by molar-refractivity contribution is 0.539. The van der Waals surface area contributed by atoms with Crippen LogP contribution in [0.4, 0.5) is 5.69 Å². The highest BCUT2D eigenvalue weighted by Crippen LogP contribution is 2.18. The van der Waals surface area contributed by atoms with Gasteiger partial charge in [0.2, 0.25) is 0 Å². The third-order valence-corrected chi connectivity index (χ3v) is 2.49. The molecule has 1 aromatic rings. The van der Waals surface area contributed by atoms with E-state index in [0.717, 1.165) is 17.8 Å². The van der Waals surface area contributed by atoms with Crippen LogP contribution >= 0.6 is 11.6 Å². The number of hydrogen-bond acceptors (Lipinski definition) is 2. The van der Waals surface area contributed by atoms with Crippen LogP contribution in [0.1, 0.15) is 32.9 Å². The molecule has 0 bridgehead atoms. The lowest BCUT2D eigenvalue weighted by atomic mass is 10.1. The molecule has 0 aliphatic rings. The van der Waals surface area contributed by atoms with Crippen LogP contribution in [0.2, 0.25) is 5.15 Å². The zero-order valence-electron chi connectivity index (χ0n) is 9.84. The third kappa shape index (κ3) is 4.08. The van der Waals surface area contributed by atoms with Crippen molar-refractivity contribution in [2.24, 2.45) is 5.92 Å². The highest BCUT2D eigenvalue weighted by Gasteiger charge is 2.07. The third-order valence-electron chi connectivity index (χ3n) is 2.28. The van der Waals surface area contributed by atoms with Gasteiger partial charge in [-0.3, -0.25) is 0 Å². The van der Waals surface area contributed by atoms with Crippen molar-refractivity contribution in [3.63, 3.8) is 0 Å². The summed E-state index contributed by atoms with van der Waals surface area (Å²) in [5, 5.41) is 4.00. The number of hydrogen-bond donors (Lipinski definition) is 1. The average Bonchev–Trinajstić information content (AvgIpc) is 2.08. The van der Waals surface area contributed by atoms with Crippen LogP contribution in [0, 0.1) is 12.8 Å². The highest BCUT2D eigenvalue weighted by atomic mass is 35.5. The molecule has 0 radical (unpaired) electrons. The van der Waals surface area contributed by atoms with E-state index < -0.39 is 0 Å². The van der Waals surface area contributed by atoms with Gasteiger partial charge in [0, 0.05) is 6.04 Å². The van der Waals surface area contributed by atoms with Gasteiger partial charge in [0.1, 0.15) is 5.15 Å². The molecule has 1 heterocycles. The molecule has 0 aliphatic carbocycles. The predicted molar refractivity (Wildman–Crippen MR) is 66.5 cm³/mol. The Balaban J connectivity index is 2.64. The molecule has 0 fully saturated rings. The maximum atomic E-state index is 5.80. The maximum Gasteiger partial charge on any atom is 0.129 e. The molecule has 84 valence electrons. The molecule has 1 rings (SSSR count). The number of pyridine rings is 1. The number of rotatable bonds is 4. The number of nitrogens with one attached hydrogen (secondary N) is 1. The Bertz CT molecular complexity index is 323. The number of nitrogens with zero attached hydrogens (tertiary/aromatic N) is 1. The van der Waals surface area contributed by atoms with E-state index in [4.69, 9.17) is 11.6 Å². The summed E-state index contributed by atoms with van der Waals surface area (Å²) in [5.41, 5.74) is 2.03. The smallest absolute Gasteiger partial charge is 0.129 e. The minimum Gasteiger partial charge on any atom is -0.381 e. The lowest BCUT2D eigenvalue weighted by Gasteiger charge is -2.18. The Morgan fingerprint density at radius 2 is 2.00 bits per heavy atom. The SMILES string of the molecule is Cc1nc(Cl)ccc1NC(C)CC(C)C. The summed E-state index contributed by atoms with van der Waals surface area (Å²) >= 11 is 5.80. The van der Waals surface area contributed by atoms with Gasteiger partial charge < -0.3 is 5.32 Å². The van der Waals surface area contributed by atoms with Crippen LogP contribution in [0.3, 0.4) is 0 Å². The van der Waals surface area contributed by atoms with Crippen LogP contribution in [0.15, 0.2) is 12.1 Å². The van der Waals surface area contributed by atoms with Crippen molar-refractivity contribution in [2.45, 2.75) is 40.2 Å². The summed E-state index contributed by atoms with van der Waals surface area (Å²) < 4.78 is 0. The Hall–Kier alpha value is -0.760. The molecule has 2 nitrogen and oxygen atoms in total. The first-order valence-electron chi connectivity index (χ1n) is 5.38. The minimum absolute atomic E-state index is 0.465. The molecule has 15 heavy (non-hydrogen) atoms. The van der Waals surface area contributed by atoms with Crippen molar-refractivity contribution in [3.05, 3.63) is 23.0 Å². The predicted octanol–water partition coefficient (Wildman–Crippen LogP) is 3.89. The zero-order valence-corrected chi connectivity index (χ0v) is 10.6. The number of anilines is 1.